The van der Waals surface area contributed by atoms with Crippen molar-refractivity contribution in [3.05, 3.63) is 77.3 Å². The summed E-state index contributed by atoms with van der Waals surface area (Å²) < 4.78 is 2.30. The molecule has 0 bridgehead atoms. The predicted octanol–water partition coefficient (Wildman–Crippen LogP) is 5.03. The molecule has 0 saturated heterocycles. The minimum Gasteiger partial charge on any atom is -0.375 e. The number of amides is 1. The standard InChI is InChI=1S/C23H21ClN4O/c1-2-28-21-10-6-3-7-17(21)18-13-16(11-12-22(18)28)14-26-27-23(29)15-25-20-9-5-4-8-19(20)24/h3-14,25H,2,15H2,1H3,(H,27,29)/b26-14+. The van der Waals surface area contributed by atoms with Crippen LogP contribution in [-0.4, -0.2) is 23.2 Å². The van der Waals surface area contributed by atoms with Gasteiger partial charge in [0.25, 0.3) is 5.91 Å². The molecular formula is C23H21ClN4O. The van der Waals surface area contributed by atoms with E-state index >= 15 is 0 Å². The number of carbonyl (C=O) groups excluding carboxylic acids is 1. The third-order valence-electron chi connectivity index (χ3n) is 4.83. The Labute approximate surface area is 174 Å². The SMILES string of the molecule is CCn1c2ccccc2c2cc(/C=N/NC(=O)CNc3ccccc3Cl)ccc21. The summed E-state index contributed by atoms with van der Waals surface area (Å²) in [6.07, 6.45) is 1.66. The molecular weight excluding hydrogens is 384 g/mol. The lowest BCUT2D eigenvalue weighted by Gasteiger charge is -2.06. The van der Waals surface area contributed by atoms with Crippen LogP contribution in [0.4, 0.5) is 5.69 Å². The quantitative estimate of drug-likeness (QED) is 0.350. The molecule has 0 aliphatic heterocycles. The maximum atomic E-state index is 12.0. The first-order valence-corrected chi connectivity index (χ1v) is 9.86. The molecule has 0 radical (unpaired) electrons. The number of para-hydroxylation sites is 2. The van der Waals surface area contributed by atoms with Gasteiger partial charge in [-0.25, -0.2) is 5.43 Å². The molecule has 3 aromatic carbocycles. The Bertz CT molecular complexity index is 1210. The molecule has 0 fully saturated rings. The van der Waals surface area contributed by atoms with Crippen molar-refractivity contribution in [3.63, 3.8) is 0 Å². The average molecular weight is 405 g/mol. The number of aryl methyl sites for hydroxylation is 1. The molecule has 29 heavy (non-hydrogen) atoms. The lowest BCUT2D eigenvalue weighted by Crippen LogP contribution is -2.25. The summed E-state index contributed by atoms with van der Waals surface area (Å²) >= 11 is 6.07. The smallest absolute Gasteiger partial charge is 0.259 e. The lowest BCUT2D eigenvalue weighted by molar-refractivity contribution is -0.119. The van der Waals surface area contributed by atoms with Gasteiger partial charge in [0.05, 0.1) is 23.5 Å². The molecule has 1 heterocycles. The second-order valence-corrected chi connectivity index (χ2v) is 7.07. The molecule has 6 heteroatoms. The normalized spacial score (nSPS) is 11.4. The van der Waals surface area contributed by atoms with E-state index in [0.717, 1.165) is 12.1 Å². The minimum atomic E-state index is -0.246. The Hall–Kier alpha value is -3.31. The average Bonchev–Trinajstić information content (AvgIpc) is 3.06. The summed E-state index contributed by atoms with van der Waals surface area (Å²) in [6, 6.07) is 21.9. The van der Waals surface area contributed by atoms with Crippen LogP contribution < -0.4 is 10.7 Å². The highest BCUT2D eigenvalue weighted by Crippen LogP contribution is 2.29. The van der Waals surface area contributed by atoms with Crippen molar-refractivity contribution in [1.29, 1.82) is 0 Å². The van der Waals surface area contributed by atoms with E-state index in [1.807, 2.05) is 24.3 Å². The van der Waals surface area contributed by atoms with Gasteiger partial charge in [0.1, 0.15) is 0 Å². The van der Waals surface area contributed by atoms with Crippen molar-refractivity contribution in [2.75, 3.05) is 11.9 Å². The molecule has 2 N–H and O–H groups in total. The molecule has 146 valence electrons. The Balaban J connectivity index is 1.46. The maximum absolute atomic E-state index is 12.0. The first-order valence-electron chi connectivity index (χ1n) is 9.48. The number of nitrogens with zero attached hydrogens (tertiary/aromatic N) is 2. The van der Waals surface area contributed by atoms with E-state index < -0.39 is 0 Å². The van der Waals surface area contributed by atoms with Gasteiger partial charge in [-0.1, -0.05) is 48.0 Å². The second kappa shape index (κ2) is 8.37. The lowest BCUT2D eigenvalue weighted by atomic mass is 10.1. The van der Waals surface area contributed by atoms with Crippen molar-refractivity contribution >= 4 is 51.2 Å². The number of rotatable bonds is 6. The third-order valence-corrected chi connectivity index (χ3v) is 5.16. The molecule has 5 nitrogen and oxygen atoms in total. The van der Waals surface area contributed by atoms with Gasteiger partial charge in [0.2, 0.25) is 0 Å². The Morgan fingerprint density at radius 2 is 1.79 bits per heavy atom. The molecule has 4 aromatic rings. The van der Waals surface area contributed by atoms with Gasteiger partial charge in [-0.15, -0.1) is 0 Å². The van der Waals surface area contributed by atoms with E-state index in [-0.39, 0.29) is 12.5 Å². The number of carbonyl (C=O) groups is 1. The molecule has 0 aliphatic rings. The Morgan fingerprint density at radius 3 is 2.62 bits per heavy atom. The fourth-order valence-electron chi connectivity index (χ4n) is 3.49. The second-order valence-electron chi connectivity index (χ2n) is 6.66. The first kappa shape index (κ1) is 19.0. The van der Waals surface area contributed by atoms with Gasteiger partial charge in [-0.2, -0.15) is 5.10 Å². The van der Waals surface area contributed by atoms with Crippen LogP contribution in [0.15, 0.2) is 71.8 Å². The summed E-state index contributed by atoms with van der Waals surface area (Å²) in [7, 11) is 0. The van der Waals surface area contributed by atoms with Crippen molar-refractivity contribution in [3.8, 4) is 0 Å². The summed E-state index contributed by atoms with van der Waals surface area (Å²) in [6.45, 7) is 3.14. The highest BCUT2D eigenvalue weighted by Gasteiger charge is 2.09. The number of fused-ring (bicyclic) bond motifs is 3. The van der Waals surface area contributed by atoms with Crippen LogP contribution >= 0.6 is 11.6 Å². The van der Waals surface area contributed by atoms with Crippen LogP contribution in [0.1, 0.15) is 12.5 Å². The minimum absolute atomic E-state index is 0.0874. The molecule has 1 amide bonds. The Morgan fingerprint density at radius 1 is 1.03 bits per heavy atom. The van der Waals surface area contributed by atoms with Gasteiger partial charge in [-0.05, 0) is 42.8 Å². The van der Waals surface area contributed by atoms with E-state index in [2.05, 4.69) is 63.7 Å². The van der Waals surface area contributed by atoms with Crippen LogP contribution in [0.25, 0.3) is 21.8 Å². The zero-order valence-corrected chi connectivity index (χ0v) is 16.8. The summed E-state index contributed by atoms with van der Waals surface area (Å²) in [4.78, 5) is 12.0. The molecule has 0 saturated carbocycles. The van der Waals surface area contributed by atoms with E-state index in [9.17, 15) is 4.79 Å². The third kappa shape index (κ3) is 3.96. The van der Waals surface area contributed by atoms with Crippen LogP contribution in [0.3, 0.4) is 0 Å². The number of aromatic nitrogens is 1. The highest BCUT2D eigenvalue weighted by molar-refractivity contribution is 6.33. The zero-order valence-electron chi connectivity index (χ0n) is 16.0. The largest absolute Gasteiger partial charge is 0.375 e. The van der Waals surface area contributed by atoms with E-state index in [4.69, 9.17) is 11.6 Å². The van der Waals surface area contributed by atoms with E-state index in [1.54, 1.807) is 12.3 Å². The maximum Gasteiger partial charge on any atom is 0.259 e. The number of hydrazone groups is 1. The number of hydrogen-bond acceptors (Lipinski definition) is 3. The molecule has 0 atom stereocenters. The van der Waals surface area contributed by atoms with Crippen molar-refractivity contribution in [1.82, 2.24) is 9.99 Å². The summed E-state index contributed by atoms with van der Waals surface area (Å²) in [5, 5.41) is 10.0. The summed E-state index contributed by atoms with van der Waals surface area (Å²) in [5.74, 6) is -0.246. The van der Waals surface area contributed by atoms with Crippen LogP contribution in [0.5, 0.6) is 0 Å². The molecule has 1 aromatic heterocycles. The number of anilines is 1. The molecule has 0 aliphatic carbocycles. The van der Waals surface area contributed by atoms with Crippen molar-refractivity contribution in [2.24, 2.45) is 5.10 Å². The first-order chi connectivity index (χ1) is 14.2. The van der Waals surface area contributed by atoms with Gasteiger partial charge in [-0.3, -0.25) is 4.79 Å². The number of benzene rings is 3. The van der Waals surface area contributed by atoms with Crippen LogP contribution in [0, 0.1) is 0 Å². The number of nitrogens with one attached hydrogen (secondary N) is 2. The number of halogens is 1. The highest BCUT2D eigenvalue weighted by atomic mass is 35.5. The molecule has 0 unspecified atom stereocenters. The fourth-order valence-corrected chi connectivity index (χ4v) is 3.69. The van der Waals surface area contributed by atoms with E-state index in [1.165, 1.54) is 21.8 Å². The topological polar surface area (TPSA) is 58.4 Å². The monoisotopic (exact) mass is 404 g/mol. The van der Waals surface area contributed by atoms with Gasteiger partial charge >= 0.3 is 0 Å². The van der Waals surface area contributed by atoms with Crippen LogP contribution in [0.2, 0.25) is 5.02 Å². The molecule has 4 rings (SSSR count). The van der Waals surface area contributed by atoms with Gasteiger partial charge in [0, 0.05) is 28.4 Å². The van der Waals surface area contributed by atoms with Crippen LogP contribution in [-0.2, 0) is 11.3 Å². The predicted molar refractivity (Wildman–Crippen MR) is 121 cm³/mol. The van der Waals surface area contributed by atoms with Gasteiger partial charge in [0.15, 0.2) is 0 Å². The number of hydrogen-bond donors (Lipinski definition) is 2. The van der Waals surface area contributed by atoms with E-state index in [0.29, 0.717) is 10.7 Å². The molecule has 0 spiro atoms. The zero-order chi connectivity index (χ0) is 20.2. The van der Waals surface area contributed by atoms with Crippen molar-refractivity contribution < 1.29 is 4.79 Å². The Kier molecular flexibility index (Phi) is 5.49. The van der Waals surface area contributed by atoms with Gasteiger partial charge < -0.3 is 9.88 Å². The van der Waals surface area contributed by atoms with Crippen molar-refractivity contribution in [2.45, 2.75) is 13.5 Å². The summed E-state index contributed by atoms with van der Waals surface area (Å²) in [5.41, 5.74) is 6.60. The fraction of sp³-hybridized carbons (Fsp3) is 0.130.